The van der Waals surface area contributed by atoms with Gasteiger partial charge in [0.2, 0.25) is 0 Å². The Morgan fingerprint density at radius 2 is 2.26 bits per heavy atom. The molecule has 2 N–H and O–H groups in total. The first-order chi connectivity index (χ1) is 9.22. The van der Waals surface area contributed by atoms with E-state index in [0.717, 1.165) is 37.2 Å². The van der Waals surface area contributed by atoms with Crippen molar-refractivity contribution in [3.8, 4) is 11.5 Å². The van der Waals surface area contributed by atoms with Crippen molar-refractivity contribution in [1.29, 1.82) is 0 Å². The summed E-state index contributed by atoms with van der Waals surface area (Å²) in [6, 6.07) is 5.71. The average molecular weight is 266 g/mol. The highest BCUT2D eigenvalue weighted by Gasteiger charge is 2.20. The zero-order valence-corrected chi connectivity index (χ0v) is 11.6. The predicted octanol–water partition coefficient (Wildman–Crippen LogP) is 1.65. The number of methoxy groups -OCH3 is 1. The third-order valence-electron chi connectivity index (χ3n) is 3.39. The maximum absolute atomic E-state index is 8.72. The van der Waals surface area contributed by atoms with Gasteiger partial charge in [0.05, 0.1) is 7.11 Å². The molecule has 106 valence electrons. The smallest absolute Gasteiger partial charge is 0.161 e. The Bertz CT molecular complexity index is 412. The van der Waals surface area contributed by atoms with Crippen LogP contribution in [0.2, 0.25) is 0 Å². The second-order valence-corrected chi connectivity index (χ2v) is 4.96. The van der Waals surface area contributed by atoms with E-state index < -0.39 is 0 Å². The molecule has 1 aromatic rings. The Hall–Kier alpha value is -1.30. The standard InChI is InChI=1S/C14H22N2O3/c1-16-7-3-4-12(10-16)19-13-6-5-11(9-15-17)8-14(13)18-2/h5-6,8,12,15,17H,3-4,7,9-10H2,1-2H3. The van der Waals surface area contributed by atoms with E-state index >= 15 is 0 Å². The number of nitrogens with zero attached hydrogens (tertiary/aromatic N) is 1. The largest absolute Gasteiger partial charge is 0.493 e. The molecule has 1 fully saturated rings. The van der Waals surface area contributed by atoms with Crippen LogP contribution in [0.15, 0.2) is 18.2 Å². The maximum atomic E-state index is 8.72. The molecule has 1 atom stereocenters. The predicted molar refractivity (Wildman–Crippen MR) is 72.8 cm³/mol. The third-order valence-corrected chi connectivity index (χ3v) is 3.39. The Morgan fingerprint density at radius 3 is 2.95 bits per heavy atom. The minimum Gasteiger partial charge on any atom is -0.493 e. The van der Waals surface area contributed by atoms with Gasteiger partial charge in [0.15, 0.2) is 11.5 Å². The lowest BCUT2D eigenvalue weighted by Gasteiger charge is -2.30. The molecule has 0 aromatic heterocycles. The summed E-state index contributed by atoms with van der Waals surface area (Å²) in [6.07, 6.45) is 2.46. The normalized spacial score (nSPS) is 20.3. The molecule has 5 nitrogen and oxygen atoms in total. The fourth-order valence-corrected chi connectivity index (χ4v) is 2.41. The maximum Gasteiger partial charge on any atom is 0.161 e. The zero-order chi connectivity index (χ0) is 13.7. The van der Waals surface area contributed by atoms with Crippen molar-refractivity contribution in [2.45, 2.75) is 25.5 Å². The number of benzene rings is 1. The number of ether oxygens (including phenoxy) is 2. The van der Waals surface area contributed by atoms with Crippen LogP contribution < -0.4 is 15.0 Å². The fraction of sp³-hybridized carbons (Fsp3) is 0.571. The molecule has 0 aliphatic carbocycles. The van der Waals surface area contributed by atoms with Crippen molar-refractivity contribution >= 4 is 0 Å². The van der Waals surface area contributed by atoms with Crippen LogP contribution >= 0.6 is 0 Å². The van der Waals surface area contributed by atoms with Gasteiger partial charge >= 0.3 is 0 Å². The number of hydroxylamine groups is 1. The molecule has 0 bridgehead atoms. The summed E-state index contributed by atoms with van der Waals surface area (Å²) in [6.45, 7) is 2.48. The van der Waals surface area contributed by atoms with Crippen LogP contribution in [-0.2, 0) is 6.54 Å². The van der Waals surface area contributed by atoms with Crippen molar-refractivity contribution in [2.24, 2.45) is 0 Å². The van der Waals surface area contributed by atoms with Crippen LogP contribution in [0.5, 0.6) is 11.5 Å². The zero-order valence-electron chi connectivity index (χ0n) is 11.6. The van der Waals surface area contributed by atoms with Gasteiger partial charge in [-0.25, -0.2) is 5.48 Å². The molecule has 1 aromatic carbocycles. The second kappa shape index (κ2) is 6.75. The first-order valence-corrected chi connectivity index (χ1v) is 6.62. The molecule has 0 spiro atoms. The van der Waals surface area contributed by atoms with Crippen LogP contribution in [0.1, 0.15) is 18.4 Å². The van der Waals surface area contributed by atoms with E-state index in [2.05, 4.69) is 17.4 Å². The molecule has 19 heavy (non-hydrogen) atoms. The van der Waals surface area contributed by atoms with Gasteiger partial charge in [-0.3, -0.25) is 0 Å². The molecule has 0 saturated carbocycles. The quantitative estimate of drug-likeness (QED) is 0.794. The summed E-state index contributed by atoms with van der Waals surface area (Å²) in [5, 5.41) is 8.72. The molecular formula is C14H22N2O3. The SMILES string of the molecule is COc1cc(CNO)ccc1OC1CCCN(C)C1. The highest BCUT2D eigenvalue weighted by molar-refractivity contribution is 5.43. The highest BCUT2D eigenvalue weighted by atomic mass is 16.5. The van der Waals surface area contributed by atoms with E-state index in [4.69, 9.17) is 14.7 Å². The van der Waals surface area contributed by atoms with Crippen molar-refractivity contribution in [3.05, 3.63) is 23.8 Å². The fourth-order valence-electron chi connectivity index (χ4n) is 2.41. The topological polar surface area (TPSA) is 54.0 Å². The van der Waals surface area contributed by atoms with Crippen molar-refractivity contribution in [3.63, 3.8) is 0 Å². The molecule has 1 saturated heterocycles. The number of rotatable bonds is 5. The van der Waals surface area contributed by atoms with E-state index in [9.17, 15) is 0 Å². The monoisotopic (exact) mass is 266 g/mol. The molecule has 1 aliphatic heterocycles. The van der Waals surface area contributed by atoms with E-state index in [1.807, 2.05) is 18.2 Å². The van der Waals surface area contributed by atoms with Crippen LogP contribution in [0.4, 0.5) is 0 Å². The average Bonchev–Trinajstić information content (AvgIpc) is 2.41. The number of piperidine rings is 1. The Morgan fingerprint density at radius 1 is 1.42 bits per heavy atom. The Labute approximate surface area is 114 Å². The van der Waals surface area contributed by atoms with Crippen LogP contribution in [0.3, 0.4) is 0 Å². The molecule has 1 heterocycles. The van der Waals surface area contributed by atoms with E-state index in [0.29, 0.717) is 12.3 Å². The van der Waals surface area contributed by atoms with Gasteiger partial charge in [-0.15, -0.1) is 0 Å². The second-order valence-electron chi connectivity index (χ2n) is 4.96. The van der Waals surface area contributed by atoms with Crippen molar-refractivity contribution in [2.75, 3.05) is 27.2 Å². The van der Waals surface area contributed by atoms with Gasteiger partial charge in [-0.05, 0) is 44.1 Å². The summed E-state index contributed by atoms with van der Waals surface area (Å²) in [5.41, 5.74) is 3.09. The number of hydrogen-bond acceptors (Lipinski definition) is 5. The minimum absolute atomic E-state index is 0.217. The van der Waals surface area contributed by atoms with Crippen molar-refractivity contribution < 1.29 is 14.7 Å². The van der Waals surface area contributed by atoms with Crippen molar-refractivity contribution in [1.82, 2.24) is 10.4 Å². The minimum atomic E-state index is 0.217. The van der Waals surface area contributed by atoms with E-state index in [-0.39, 0.29) is 6.10 Å². The van der Waals surface area contributed by atoms with E-state index in [1.165, 1.54) is 0 Å². The molecular weight excluding hydrogens is 244 g/mol. The van der Waals surface area contributed by atoms with Crippen LogP contribution in [0.25, 0.3) is 0 Å². The molecule has 0 amide bonds. The van der Waals surface area contributed by atoms with Crippen LogP contribution in [0, 0.1) is 0 Å². The molecule has 2 rings (SSSR count). The number of hydrogen-bond donors (Lipinski definition) is 2. The summed E-state index contributed by atoms with van der Waals surface area (Å²) >= 11 is 0. The Balaban J connectivity index is 2.06. The molecule has 1 aliphatic rings. The third kappa shape index (κ3) is 3.83. The lowest BCUT2D eigenvalue weighted by molar-refractivity contribution is 0.101. The molecule has 5 heteroatoms. The number of nitrogens with one attached hydrogen (secondary N) is 1. The van der Waals surface area contributed by atoms with E-state index in [1.54, 1.807) is 7.11 Å². The van der Waals surface area contributed by atoms with Crippen LogP contribution in [-0.4, -0.2) is 43.5 Å². The molecule has 1 unspecified atom stereocenters. The van der Waals surface area contributed by atoms with Gasteiger partial charge in [0.1, 0.15) is 6.10 Å². The summed E-state index contributed by atoms with van der Waals surface area (Å²) in [5.74, 6) is 1.48. The summed E-state index contributed by atoms with van der Waals surface area (Å²) < 4.78 is 11.4. The summed E-state index contributed by atoms with van der Waals surface area (Å²) in [4.78, 5) is 2.28. The first-order valence-electron chi connectivity index (χ1n) is 6.62. The lowest BCUT2D eigenvalue weighted by atomic mass is 10.1. The van der Waals surface area contributed by atoms with Gasteiger partial charge in [0.25, 0.3) is 0 Å². The number of likely N-dealkylation sites (tertiary alicyclic amines) is 1. The van der Waals surface area contributed by atoms with Gasteiger partial charge < -0.3 is 19.6 Å². The summed E-state index contributed by atoms with van der Waals surface area (Å²) in [7, 11) is 3.74. The molecule has 0 radical (unpaired) electrons. The first kappa shape index (κ1) is 14.1. The number of likely N-dealkylation sites (N-methyl/N-ethyl adjacent to an activating group) is 1. The van der Waals surface area contributed by atoms with Gasteiger partial charge in [-0.1, -0.05) is 6.07 Å². The van der Waals surface area contributed by atoms with Gasteiger partial charge in [0, 0.05) is 13.1 Å². The Kier molecular flexibility index (Phi) is 5.01. The highest BCUT2D eigenvalue weighted by Crippen LogP contribution is 2.30. The van der Waals surface area contributed by atoms with Gasteiger partial charge in [-0.2, -0.15) is 0 Å². The lowest BCUT2D eigenvalue weighted by Crippen LogP contribution is -2.38.